The van der Waals surface area contributed by atoms with Gasteiger partial charge in [-0.25, -0.2) is 0 Å². The molecule has 0 aromatic heterocycles. The van der Waals surface area contributed by atoms with Gasteiger partial charge in [0.15, 0.2) is 0 Å². The smallest absolute Gasteiger partial charge is 0.0672 e. The van der Waals surface area contributed by atoms with E-state index in [9.17, 15) is 10.2 Å². The first-order valence-corrected chi connectivity index (χ1v) is 9.46. The average molecular weight is 345 g/mol. The fourth-order valence-corrected chi connectivity index (χ4v) is 2.55. The van der Waals surface area contributed by atoms with Crippen molar-refractivity contribution >= 4 is 0 Å². The summed E-state index contributed by atoms with van der Waals surface area (Å²) in [5, 5.41) is 20.4. The first-order valence-electron chi connectivity index (χ1n) is 9.46. The molecule has 0 aromatic rings. The lowest BCUT2D eigenvalue weighted by molar-refractivity contribution is -0.109. The highest BCUT2D eigenvalue weighted by molar-refractivity contribution is 4.96. The van der Waals surface area contributed by atoms with Gasteiger partial charge in [-0.1, -0.05) is 83.1 Å². The van der Waals surface area contributed by atoms with E-state index in [1.165, 1.54) is 0 Å². The molecular weight excluding hydrogens is 296 g/mol. The predicted molar refractivity (Wildman–Crippen MR) is 108 cm³/mol. The number of rotatable bonds is 3. The highest BCUT2D eigenvalue weighted by atomic mass is 16.3. The molecule has 148 valence electrons. The standard InChI is InChI=1S/2C11H24O/c1-9(2,3)8-11(7,12)10(4,5)6;1-8-11(7,12)10(5,6)9(2,3)4/h2*12H,8H2,1-7H3. The first-order chi connectivity index (χ1) is 10.0. The van der Waals surface area contributed by atoms with Gasteiger partial charge >= 0.3 is 0 Å². The highest BCUT2D eigenvalue weighted by Gasteiger charge is 2.46. The zero-order chi connectivity index (χ0) is 20.4. The van der Waals surface area contributed by atoms with E-state index >= 15 is 0 Å². The van der Waals surface area contributed by atoms with E-state index in [4.69, 9.17) is 0 Å². The Morgan fingerprint density at radius 1 is 0.542 bits per heavy atom. The van der Waals surface area contributed by atoms with E-state index in [1.807, 2.05) is 20.8 Å². The molecule has 0 radical (unpaired) electrons. The van der Waals surface area contributed by atoms with E-state index in [1.54, 1.807) is 0 Å². The van der Waals surface area contributed by atoms with Gasteiger partial charge in [-0.3, -0.25) is 0 Å². The van der Waals surface area contributed by atoms with Gasteiger partial charge < -0.3 is 10.2 Å². The molecule has 0 bridgehead atoms. The van der Waals surface area contributed by atoms with Gasteiger partial charge in [0, 0.05) is 0 Å². The van der Waals surface area contributed by atoms with Crippen LogP contribution in [0.1, 0.15) is 110 Å². The second-order valence-electron chi connectivity index (χ2n) is 11.8. The summed E-state index contributed by atoms with van der Waals surface area (Å²) in [7, 11) is 0. The van der Waals surface area contributed by atoms with Crippen LogP contribution in [0.3, 0.4) is 0 Å². The van der Waals surface area contributed by atoms with Crippen molar-refractivity contribution in [2.24, 2.45) is 21.7 Å². The molecule has 0 saturated carbocycles. The van der Waals surface area contributed by atoms with E-state index < -0.39 is 11.2 Å². The number of hydrogen-bond acceptors (Lipinski definition) is 2. The monoisotopic (exact) mass is 344 g/mol. The average Bonchev–Trinajstić information content (AvgIpc) is 2.23. The Bertz CT molecular complexity index is 366. The van der Waals surface area contributed by atoms with Crippen molar-refractivity contribution in [3.05, 3.63) is 0 Å². The van der Waals surface area contributed by atoms with Crippen molar-refractivity contribution in [1.29, 1.82) is 0 Å². The Morgan fingerprint density at radius 3 is 0.958 bits per heavy atom. The molecule has 2 unspecified atom stereocenters. The quantitative estimate of drug-likeness (QED) is 0.618. The summed E-state index contributed by atoms with van der Waals surface area (Å²) in [4.78, 5) is 0. The second kappa shape index (κ2) is 7.66. The van der Waals surface area contributed by atoms with E-state index in [-0.39, 0.29) is 21.7 Å². The third-order valence-corrected chi connectivity index (χ3v) is 6.40. The van der Waals surface area contributed by atoms with E-state index in [0.717, 1.165) is 12.8 Å². The molecule has 2 nitrogen and oxygen atoms in total. The van der Waals surface area contributed by atoms with Crippen LogP contribution in [-0.4, -0.2) is 21.4 Å². The fraction of sp³-hybridized carbons (Fsp3) is 1.00. The van der Waals surface area contributed by atoms with Crippen LogP contribution in [0.2, 0.25) is 0 Å². The maximum atomic E-state index is 10.2. The van der Waals surface area contributed by atoms with Crippen LogP contribution in [0.25, 0.3) is 0 Å². The third-order valence-electron chi connectivity index (χ3n) is 6.40. The van der Waals surface area contributed by atoms with Crippen LogP contribution in [-0.2, 0) is 0 Å². The van der Waals surface area contributed by atoms with Crippen LogP contribution in [0.15, 0.2) is 0 Å². The van der Waals surface area contributed by atoms with Crippen molar-refractivity contribution < 1.29 is 10.2 Å². The third kappa shape index (κ3) is 7.44. The zero-order valence-electron chi connectivity index (χ0n) is 19.3. The predicted octanol–water partition coefficient (Wildman–Crippen LogP) is 6.44. The van der Waals surface area contributed by atoms with Crippen molar-refractivity contribution in [3.8, 4) is 0 Å². The zero-order valence-corrected chi connectivity index (χ0v) is 19.3. The summed E-state index contributed by atoms with van der Waals surface area (Å²) >= 11 is 0. The number of hydrogen-bond donors (Lipinski definition) is 2. The molecule has 0 rings (SSSR count). The Kier molecular flexibility index (Phi) is 8.35. The summed E-state index contributed by atoms with van der Waals surface area (Å²) in [6, 6.07) is 0. The van der Waals surface area contributed by atoms with Gasteiger partial charge in [-0.15, -0.1) is 0 Å². The molecule has 2 N–H and O–H groups in total. The van der Waals surface area contributed by atoms with Crippen LogP contribution < -0.4 is 0 Å². The molecule has 0 aromatic carbocycles. The largest absolute Gasteiger partial charge is 0.390 e. The van der Waals surface area contributed by atoms with Crippen molar-refractivity contribution in [2.75, 3.05) is 0 Å². The highest BCUT2D eigenvalue weighted by Crippen LogP contribution is 2.47. The maximum absolute atomic E-state index is 10.2. The summed E-state index contributed by atoms with van der Waals surface area (Å²) < 4.78 is 0. The Balaban J connectivity index is 0. The van der Waals surface area contributed by atoms with E-state index in [2.05, 4.69) is 76.2 Å². The number of aliphatic hydroxyl groups is 2. The lowest BCUT2D eigenvalue weighted by Crippen LogP contribution is -2.49. The van der Waals surface area contributed by atoms with Gasteiger partial charge in [-0.05, 0) is 48.3 Å². The lowest BCUT2D eigenvalue weighted by Gasteiger charge is -2.49. The van der Waals surface area contributed by atoms with Crippen LogP contribution in [0.4, 0.5) is 0 Å². The molecule has 0 spiro atoms. The Morgan fingerprint density at radius 2 is 0.875 bits per heavy atom. The lowest BCUT2D eigenvalue weighted by atomic mass is 9.59. The van der Waals surface area contributed by atoms with Gasteiger partial charge in [0.2, 0.25) is 0 Å². The topological polar surface area (TPSA) is 40.5 Å². The molecule has 0 fully saturated rings. The molecule has 0 amide bonds. The minimum atomic E-state index is -0.578. The minimum Gasteiger partial charge on any atom is -0.390 e. The summed E-state index contributed by atoms with van der Waals surface area (Å²) in [5.74, 6) is 0. The molecule has 24 heavy (non-hydrogen) atoms. The Labute approximate surface area is 153 Å². The minimum absolute atomic E-state index is 0.0414. The Hall–Kier alpha value is -0.0800. The van der Waals surface area contributed by atoms with E-state index in [0.29, 0.717) is 0 Å². The second-order valence-corrected chi connectivity index (χ2v) is 11.8. The van der Waals surface area contributed by atoms with Gasteiger partial charge in [0.1, 0.15) is 0 Å². The first kappa shape index (κ1) is 26.2. The molecular formula is C22H48O2. The summed E-state index contributed by atoms with van der Waals surface area (Å²) in [6.45, 7) is 29.4. The van der Waals surface area contributed by atoms with Crippen LogP contribution >= 0.6 is 0 Å². The maximum Gasteiger partial charge on any atom is 0.0672 e. The summed E-state index contributed by atoms with van der Waals surface area (Å²) in [6.07, 6.45) is 1.64. The molecule has 0 saturated heterocycles. The fourth-order valence-electron chi connectivity index (χ4n) is 2.55. The van der Waals surface area contributed by atoms with Crippen LogP contribution in [0.5, 0.6) is 0 Å². The van der Waals surface area contributed by atoms with Crippen molar-refractivity contribution in [2.45, 2.75) is 121 Å². The molecule has 0 heterocycles. The molecule has 2 atom stereocenters. The van der Waals surface area contributed by atoms with Crippen molar-refractivity contribution in [1.82, 2.24) is 0 Å². The van der Waals surface area contributed by atoms with Gasteiger partial charge in [0.05, 0.1) is 11.2 Å². The van der Waals surface area contributed by atoms with Crippen molar-refractivity contribution in [3.63, 3.8) is 0 Å². The van der Waals surface area contributed by atoms with Crippen LogP contribution in [0, 0.1) is 21.7 Å². The molecule has 0 aliphatic rings. The molecule has 0 aliphatic carbocycles. The van der Waals surface area contributed by atoms with Gasteiger partial charge in [0.25, 0.3) is 0 Å². The molecule has 2 heteroatoms. The van der Waals surface area contributed by atoms with Gasteiger partial charge in [-0.2, -0.15) is 0 Å². The SMILES string of the molecule is CC(C)(C)CC(C)(O)C(C)(C)C.CCC(C)(O)C(C)(C)C(C)(C)C. The summed E-state index contributed by atoms with van der Waals surface area (Å²) in [5.41, 5.74) is -0.936. The normalized spacial score (nSPS) is 19.0. The molecule has 0 aliphatic heterocycles.